The van der Waals surface area contributed by atoms with Crippen LogP contribution in [0.1, 0.15) is 19.8 Å². The standard InChI is InChI=1S/C4H9.CN.BrH.Zn/c1-3-4-2;1-2;;/h1,3-4H2,2H3;;1H;/q2*-1;;+2. The largest absolute Gasteiger partial charge is 2.00 e. The maximum absolute atomic E-state index is 6.25. The summed E-state index contributed by atoms with van der Waals surface area (Å²) in [4.78, 5) is 0. The molecule has 44 valence electrons. The summed E-state index contributed by atoms with van der Waals surface area (Å²) in [5, 5.41) is 6.25. The van der Waals surface area contributed by atoms with Gasteiger partial charge in [0, 0.05) is 0 Å². The van der Waals surface area contributed by atoms with Gasteiger partial charge in [0.2, 0.25) is 0 Å². The van der Waals surface area contributed by atoms with E-state index in [-0.39, 0.29) is 36.5 Å². The summed E-state index contributed by atoms with van der Waals surface area (Å²) in [5.74, 6) is 0. The van der Waals surface area contributed by atoms with Crippen LogP contribution >= 0.6 is 17.0 Å². The van der Waals surface area contributed by atoms with E-state index in [2.05, 4.69) is 13.8 Å². The molecule has 0 saturated heterocycles. The summed E-state index contributed by atoms with van der Waals surface area (Å²) in [6.07, 6.45) is 2.28. The van der Waals surface area contributed by atoms with Crippen molar-refractivity contribution >= 4 is 17.0 Å². The first-order valence-electron chi connectivity index (χ1n) is 1.93. The third kappa shape index (κ3) is 81.2. The summed E-state index contributed by atoms with van der Waals surface area (Å²) in [5.41, 5.74) is 0. The van der Waals surface area contributed by atoms with Gasteiger partial charge in [0.25, 0.3) is 0 Å². The van der Waals surface area contributed by atoms with E-state index < -0.39 is 0 Å². The normalized spacial score (nSPS) is 4.00. The minimum absolute atomic E-state index is 0. The molecule has 0 rings (SSSR count). The van der Waals surface area contributed by atoms with E-state index in [1.54, 1.807) is 0 Å². The molecular weight excluding hydrogens is 219 g/mol. The second-order valence-electron chi connectivity index (χ2n) is 0.854. The van der Waals surface area contributed by atoms with Crippen LogP contribution in [0.4, 0.5) is 0 Å². The quantitative estimate of drug-likeness (QED) is 0.500. The Hall–Kier alpha value is 0.593. The minimum atomic E-state index is 0. The summed E-state index contributed by atoms with van der Waals surface area (Å²) in [7, 11) is 0. The number of unbranched alkanes of at least 4 members (excludes halogenated alkanes) is 1. The maximum atomic E-state index is 6.25. The van der Waals surface area contributed by atoms with Crippen molar-refractivity contribution in [3.8, 4) is 0 Å². The van der Waals surface area contributed by atoms with Crippen LogP contribution in [0.25, 0.3) is 0 Å². The Morgan fingerprint density at radius 3 is 1.62 bits per heavy atom. The zero-order valence-electron chi connectivity index (χ0n) is 5.18. The number of nitrogens with zero attached hydrogens (tertiary/aromatic N) is 1. The smallest absolute Gasteiger partial charge is 0.512 e. The molecular formula is C5H10BrNZn. The van der Waals surface area contributed by atoms with E-state index in [0.717, 1.165) is 6.42 Å². The van der Waals surface area contributed by atoms with Gasteiger partial charge in [-0.1, -0.05) is 13.3 Å². The summed E-state index contributed by atoms with van der Waals surface area (Å²) < 4.78 is 0. The predicted octanol–water partition coefficient (Wildman–Crippen LogP) is 2.29. The fourth-order valence-corrected chi connectivity index (χ4v) is 0. The third-order valence-corrected chi connectivity index (χ3v) is 0.354. The first kappa shape index (κ1) is 23.5. The van der Waals surface area contributed by atoms with Gasteiger partial charge in [-0.05, 0) is 0 Å². The van der Waals surface area contributed by atoms with Crippen LogP contribution in [0.3, 0.4) is 0 Å². The molecule has 0 fully saturated rings. The van der Waals surface area contributed by atoms with Crippen LogP contribution in [0.5, 0.6) is 0 Å². The van der Waals surface area contributed by atoms with Gasteiger partial charge in [0.15, 0.2) is 0 Å². The molecule has 0 saturated carbocycles. The van der Waals surface area contributed by atoms with Crippen LogP contribution in [-0.4, -0.2) is 0 Å². The topological polar surface area (TPSA) is 23.8 Å². The molecule has 0 aliphatic carbocycles. The van der Waals surface area contributed by atoms with Gasteiger partial charge in [-0.15, -0.1) is 17.0 Å². The summed E-state index contributed by atoms with van der Waals surface area (Å²) in [6, 6.07) is 0. The van der Waals surface area contributed by atoms with Crippen LogP contribution < -0.4 is 0 Å². The molecule has 0 bridgehead atoms. The van der Waals surface area contributed by atoms with Crippen molar-refractivity contribution in [2.24, 2.45) is 0 Å². The zero-order valence-corrected chi connectivity index (χ0v) is 9.86. The molecule has 1 nitrogen and oxygen atoms in total. The van der Waals surface area contributed by atoms with Crippen molar-refractivity contribution in [2.45, 2.75) is 19.8 Å². The van der Waals surface area contributed by atoms with E-state index in [1.165, 1.54) is 6.42 Å². The first-order valence-corrected chi connectivity index (χ1v) is 1.93. The van der Waals surface area contributed by atoms with E-state index in [1.807, 2.05) is 0 Å². The van der Waals surface area contributed by atoms with E-state index in [0.29, 0.717) is 0 Å². The van der Waals surface area contributed by atoms with Crippen LogP contribution in [0.2, 0.25) is 0 Å². The Balaban J connectivity index is -0.0000000183. The molecule has 8 heavy (non-hydrogen) atoms. The Kier molecular flexibility index (Phi) is 144. The fraction of sp³-hybridized carbons (Fsp3) is 0.600. The van der Waals surface area contributed by atoms with Crippen LogP contribution in [0, 0.1) is 18.8 Å². The monoisotopic (exact) mass is 227 g/mol. The van der Waals surface area contributed by atoms with Gasteiger partial charge < -0.3 is 18.8 Å². The number of hydrogen-bond acceptors (Lipinski definition) is 1. The minimum Gasteiger partial charge on any atom is -0.512 e. The van der Waals surface area contributed by atoms with E-state index in [4.69, 9.17) is 11.8 Å². The molecule has 0 aromatic heterocycles. The average molecular weight is 229 g/mol. The van der Waals surface area contributed by atoms with Crippen molar-refractivity contribution in [2.75, 3.05) is 0 Å². The van der Waals surface area contributed by atoms with E-state index in [9.17, 15) is 0 Å². The maximum Gasteiger partial charge on any atom is 2.00 e. The molecule has 0 aromatic rings. The summed E-state index contributed by atoms with van der Waals surface area (Å²) in [6.45, 7) is 10.5. The molecule has 0 unspecified atom stereocenters. The Morgan fingerprint density at radius 2 is 1.62 bits per heavy atom. The van der Waals surface area contributed by atoms with Gasteiger partial charge in [-0.2, -0.15) is 6.42 Å². The van der Waals surface area contributed by atoms with Crippen molar-refractivity contribution < 1.29 is 19.5 Å². The number of halogens is 1. The zero-order chi connectivity index (χ0) is 5.41. The second kappa shape index (κ2) is 49.1. The molecule has 0 heterocycles. The molecule has 0 aliphatic heterocycles. The number of hydrogen-bond donors (Lipinski definition) is 0. The molecule has 0 N–H and O–H groups in total. The summed E-state index contributed by atoms with van der Waals surface area (Å²) >= 11 is 0. The Bertz CT molecular complexity index is 28.9. The molecule has 0 spiro atoms. The predicted molar refractivity (Wildman–Crippen MR) is 35.6 cm³/mol. The van der Waals surface area contributed by atoms with Crippen molar-refractivity contribution in [1.82, 2.24) is 0 Å². The van der Waals surface area contributed by atoms with Gasteiger partial charge in [0.05, 0.1) is 0 Å². The SMILES string of the molecule is Br.[C-]#N.[CH2-]CCC.[Zn+2]. The van der Waals surface area contributed by atoms with Gasteiger partial charge in [-0.3, -0.25) is 0 Å². The van der Waals surface area contributed by atoms with Gasteiger partial charge in [-0.25, -0.2) is 0 Å². The Labute approximate surface area is 75.0 Å². The number of rotatable bonds is 1. The fourth-order valence-electron chi connectivity index (χ4n) is 0. The molecule has 0 radical (unpaired) electrons. The average Bonchev–Trinajstić information content (AvgIpc) is 1.72. The van der Waals surface area contributed by atoms with Gasteiger partial charge in [0.1, 0.15) is 0 Å². The molecule has 0 aromatic carbocycles. The first-order chi connectivity index (χ1) is 2.91. The van der Waals surface area contributed by atoms with E-state index >= 15 is 0 Å². The van der Waals surface area contributed by atoms with Crippen molar-refractivity contribution in [3.63, 3.8) is 0 Å². The molecule has 3 heteroatoms. The molecule has 0 atom stereocenters. The third-order valence-electron chi connectivity index (χ3n) is 0.354. The van der Waals surface area contributed by atoms with Crippen molar-refractivity contribution in [3.05, 3.63) is 13.5 Å². The van der Waals surface area contributed by atoms with Gasteiger partial charge >= 0.3 is 19.5 Å². The van der Waals surface area contributed by atoms with Crippen LogP contribution in [-0.2, 0) is 19.5 Å². The van der Waals surface area contributed by atoms with Crippen molar-refractivity contribution in [1.29, 1.82) is 5.26 Å². The Morgan fingerprint density at radius 1 is 1.50 bits per heavy atom. The van der Waals surface area contributed by atoms with Crippen LogP contribution in [0.15, 0.2) is 0 Å². The molecule has 0 aliphatic rings. The second-order valence-corrected chi connectivity index (χ2v) is 0.854. The molecule has 0 amide bonds.